The van der Waals surface area contributed by atoms with Crippen LogP contribution in [0.5, 0.6) is 0 Å². The molecule has 66 valence electrons. The Morgan fingerprint density at radius 1 is 1.33 bits per heavy atom. The number of aromatic nitrogens is 1. The van der Waals surface area contributed by atoms with Crippen LogP contribution in [-0.2, 0) is 6.42 Å². The molecule has 1 nitrogen and oxygen atoms in total. The lowest BCUT2D eigenvalue weighted by molar-refractivity contribution is 0.613. The van der Waals surface area contributed by atoms with Crippen LogP contribution in [0.4, 0.5) is 0 Å². The standard InChI is InChI=1S/C10H14BrN/c1-8(2)10(11)7-9-3-5-12-6-4-9/h3-6,8,10H,7H2,1-2H3. The van der Waals surface area contributed by atoms with Crippen molar-refractivity contribution < 1.29 is 0 Å². The van der Waals surface area contributed by atoms with E-state index in [9.17, 15) is 0 Å². The van der Waals surface area contributed by atoms with Gasteiger partial charge in [0.2, 0.25) is 0 Å². The van der Waals surface area contributed by atoms with Crippen LogP contribution < -0.4 is 0 Å². The van der Waals surface area contributed by atoms with Crippen molar-refractivity contribution in [2.45, 2.75) is 25.1 Å². The van der Waals surface area contributed by atoms with E-state index in [1.807, 2.05) is 12.4 Å². The molecule has 0 saturated heterocycles. The SMILES string of the molecule is CC(C)C(Br)Cc1ccncc1. The largest absolute Gasteiger partial charge is 0.265 e. The van der Waals surface area contributed by atoms with E-state index in [1.54, 1.807) is 0 Å². The highest BCUT2D eigenvalue weighted by molar-refractivity contribution is 9.09. The summed E-state index contributed by atoms with van der Waals surface area (Å²) < 4.78 is 0. The van der Waals surface area contributed by atoms with Gasteiger partial charge in [0.1, 0.15) is 0 Å². The first kappa shape index (κ1) is 9.72. The molecule has 0 aliphatic rings. The fraction of sp³-hybridized carbons (Fsp3) is 0.500. The number of alkyl halides is 1. The zero-order chi connectivity index (χ0) is 8.97. The summed E-state index contributed by atoms with van der Waals surface area (Å²) in [5, 5.41) is 0. The molecule has 12 heavy (non-hydrogen) atoms. The molecule has 0 fully saturated rings. The fourth-order valence-electron chi connectivity index (χ4n) is 0.980. The monoisotopic (exact) mass is 227 g/mol. The zero-order valence-corrected chi connectivity index (χ0v) is 9.08. The molecule has 0 aromatic carbocycles. The molecule has 1 heterocycles. The lowest BCUT2D eigenvalue weighted by Gasteiger charge is -2.12. The topological polar surface area (TPSA) is 12.9 Å². The van der Waals surface area contributed by atoms with Crippen LogP contribution >= 0.6 is 15.9 Å². The third-order valence-electron chi connectivity index (χ3n) is 1.90. The molecule has 0 N–H and O–H groups in total. The van der Waals surface area contributed by atoms with Gasteiger partial charge in [0.15, 0.2) is 0 Å². The van der Waals surface area contributed by atoms with Crippen LogP contribution in [0.1, 0.15) is 19.4 Å². The second-order valence-electron chi connectivity index (χ2n) is 3.32. The average molecular weight is 228 g/mol. The minimum absolute atomic E-state index is 0.569. The maximum atomic E-state index is 3.98. The van der Waals surface area contributed by atoms with Gasteiger partial charge < -0.3 is 0 Å². The molecular formula is C10H14BrN. The molecule has 0 aliphatic carbocycles. The Balaban J connectivity index is 2.53. The number of rotatable bonds is 3. The summed E-state index contributed by atoms with van der Waals surface area (Å²) in [6, 6.07) is 4.13. The van der Waals surface area contributed by atoms with Crippen LogP contribution in [0.15, 0.2) is 24.5 Å². The molecule has 1 rings (SSSR count). The Morgan fingerprint density at radius 2 is 1.92 bits per heavy atom. The van der Waals surface area contributed by atoms with Crippen molar-refractivity contribution in [1.29, 1.82) is 0 Å². The molecule has 2 heteroatoms. The summed E-state index contributed by atoms with van der Waals surface area (Å²) in [7, 11) is 0. The molecule has 0 amide bonds. The van der Waals surface area contributed by atoms with E-state index in [-0.39, 0.29) is 0 Å². The molecule has 0 spiro atoms. The van der Waals surface area contributed by atoms with E-state index in [0.717, 1.165) is 6.42 Å². The Labute approximate surface area is 82.3 Å². The first-order valence-electron chi connectivity index (χ1n) is 4.23. The summed E-state index contributed by atoms with van der Waals surface area (Å²) in [6.45, 7) is 4.45. The van der Waals surface area contributed by atoms with Gasteiger partial charge in [-0.3, -0.25) is 4.98 Å². The second kappa shape index (κ2) is 4.61. The van der Waals surface area contributed by atoms with Crippen LogP contribution in [-0.4, -0.2) is 9.81 Å². The van der Waals surface area contributed by atoms with Gasteiger partial charge in [0.05, 0.1) is 0 Å². The summed E-state index contributed by atoms with van der Waals surface area (Å²) in [4.78, 5) is 4.55. The minimum atomic E-state index is 0.569. The maximum Gasteiger partial charge on any atom is 0.0270 e. The molecule has 0 aliphatic heterocycles. The van der Waals surface area contributed by atoms with Gasteiger partial charge in [-0.25, -0.2) is 0 Å². The van der Waals surface area contributed by atoms with Gasteiger partial charge in [-0.05, 0) is 30.0 Å². The van der Waals surface area contributed by atoms with E-state index in [4.69, 9.17) is 0 Å². The van der Waals surface area contributed by atoms with Crippen molar-refractivity contribution in [3.05, 3.63) is 30.1 Å². The van der Waals surface area contributed by atoms with Crippen molar-refractivity contribution in [3.63, 3.8) is 0 Å². The number of pyridine rings is 1. The smallest absolute Gasteiger partial charge is 0.0270 e. The predicted molar refractivity (Wildman–Crippen MR) is 55.5 cm³/mol. The highest BCUT2D eigenvalue weighted by Crippen LogP contribution is 2.16. The normalized spacial score (nSPS) is 13.3. The molecular weight excluding hydrogens is 214 g/mol. The van der Waals surface area contributed by atoms with Gasteiger partial charge in [0.25, 0.3) is 0 Å². The van der Waals surface area contributed by atoms with Gasteiger partial charge in [-0.1, -0.05) is 29.8 Å². The van der Waals surface area contributed by atoms with Crippen LogP contribution in [0.25, 0.3) is 0 Å². The van der Waals surface area contributed by atoms with E-state index in [2.05, 4.69) is 46.9 Å². The van der Waals surface area contributed by atoms with Crippen LogP contribution in [0, 0.1) is 5.92 Å². The van der Waals surface area contributed by atoms with Gasteiger partial charge >= 0.3 is 0 Å². The highest BCUT2D eigenvalue weighted by Gasteiger charge is 2.08. The summed E-state index contributed by atoms with van der Waals surface area (Å²) in [5.74, 6) is 0.679. The second-order valence-corrected chi connectivity index (χ2v) is 4.50. The first-order chi connectivity index (χ1) is 5.70. The third kappa shape index (κ3) is 2.94. The van der Waals surface area contributed by atoms with Crippen molar-refractivity contribution in [1.82, 2.24) is 4.98 Å². The van der Waals surface area contributed by atoms with E-state index in [0.29, 0.717) is 10.7 Å². The van der Waals surface area contributed by atoms with Crippen molar-refractivity contribution >= 4 is 15.9 Å². The Morgan fingerprint density at radius 3 is 2.42 bits per heavy atom. The average Bonchev–Trinajstić information content (AvgIpc) is 2.06. The van der Waals surface area contributed by atoms with E-state index >= 15 is 0 Å². The summed E-state index contributed by atoms with van der Waals surface area (Å²) in [6.07, 6.45) is 4.77. The number of halogens is 1. The molecule has 0 bridgehead atoms. The molecule has 1 aromatic rings. The maximum absolute atomic E-state index is 3.98. The summed E-state index contributed by atoms with van der Waals surface area (Å²) >= 11 is 3.66. The Bertz CT molecular complexity index is 221. The number of nitrogens with zero attached hydrogens (tertiary/aromatic N) is 1. The van der Waals surface area contributed by atoms with Gasteiger partial charge in [0, 0.05) is 17.2 Å². The molecule has 0 saturated carbocycles. The highest BCUT2D eigenvalue weighted by atomic mass is 79.9. The van der Waals surface area contributed by atoms with Gasteiger partial charge in [-0.2, -0.15) is 0 Å². The first-order valence-corrected chi connectivity index (χ1v) is 5.14. The fourth-order valence-corrected chi connectivity index (χ4v) is 1.35. The Kier molecular flexibility index (Phi) is 3.73. The van der Waals surface area contributed by atoms with Crippen LogP contribution in [0.3, 0.4) is 0 Å². The van der Waals surface area contributed by atoms with Crippen molar-refractivity contribution in [2.75, 3.05) is 0 Å². The van der Waals surface area contributed by atoms with E-state index in [1.165, 1.54) is 5.56 Å². The Hall–Kier alpha value is -0.370. The molecule has 1 atom stereocenters. The molecule has 0 radical (unpaired) electrons. The third-order valence-corrected chi connectivity index (χ3v) is 3.28. The lowest BCUT2D eigenvalue weighted by atomic mass is 10.0. The van der Waals surface area contributed by atoms with E-state index < -0.39 is 0 Å². The van der Waals surface area contributed by atoms with Crippen molar-refractivity contribution in [2.24, 2.45) is 5.92 Å². The summed E-state index contributed by atoms with van der Waals surface area (Å²) in [5.41, 5.74) is 1.35. The number of hydrogen-bond donors (Lipinski definition) is 0. The van der Waals surface area contributed by atoms with Gasteiger partial charge in [-0.15, -0.1) is 0 Å². The minimum Gasteiger partial charge on any atom is -0.265 e. The zero-order valence-electron chi connectivity index (χ0n) is 7.50. The molecule has 1 aromatic heterocycles. The predicted octanol–water partition coefficient (Wildman–Crippen LogP) is 3.04. The van der Waals surface area contributed by atoms with Crippen molar-refractivity contribution in [3.8, 4) is 0 Å². The quantitative estimate of drug-likeness (QED) is 0.724. The van der Waals surface area contributed by atoms with Crippen LogP contribution in [0.2, 0.25) is 0 Å². The lowest BCUT2D eigenvalue weighted by Crippen LogP contribution is -2.10. The number of hydrogen-bond acceptors (Lipinski definition) is 1. The molecule has 1 unspecified atom stereocenters.